The van der Waals surface area contributed by atoms with Crippen LogP contribution >= 0.6 is 23.4 Å². The molecule has 2 rings (SSSR count). The first-order chi connectivity index (χ1) is 11.3. The van der Waals surface area contributed by atoms with Gasteiger partial charge in [0.15, 0.2) is 0 Å². The third-order valence-corrected chi connectivity index (χ3v) is 5.10. The van der Waals surface area contributed by atoms with Crippen LogP contribution in [0.3, 0.4) is 0 Å². The van der Waals surface area contributed by atoms with Crippen LogP contribution in [0.5, 0.6) is 0 Å². The van der Waals surface area contributed by atoms with Gasteiger partial charge in [0, 0.05) is 9.92 Å². The fourth-order valence-electron chi connectivity index (χ4n) is 2.32. The van der Waals surface area contributed by atoms with Crippen molar-refractivity contribution < 1.29 is 4.79 Å². The fourth-order valence-corrected chi connectivity index (χ4v) is 3.15. The molecule has 2 nitrogen and oxygen atoms in total. The summed E-state index contributed by atoms with van der Waals surface area (Å²) in [5, 5.41) is 3.75. The van der Waals surface area contributed by atoms with Gasteiger partial charge in [0.05, 0.1) is 11.8 Å². The maximum atomic E-state index is 12.1. The van der Waals surface area contributed by atoms with Crippen LogP contribution in [0, 0.1) is 0 Å². The number of hydrogen-bond donors (Lipinski definition) is 1. The zero-order valence-electron chi connectivity index (χ0n) is 14.6. The lowest BCUT2D eigenvalue weighted by Gasteiger charge is -2.20. The number of carbonyl (C=O) groups excluding carboxylic acids is 1. The molecule has 0 bridgehead atoms. The summed E-state index contributed by atoms with van der Waals surface area (Å²) >= 11 is 7.37. The molecule has 24 heavy (non-hydrogen) atoms. The summed E-state index contributed by atoms with van der Waals surface area (Å²) < 4.78 is 0. The topological polar surface area (TPSA) is 29.1 Å². The first-order valence-electron chi connectivity index (χ1n) is 8.04. The lowest BCUT2D eigenvalue weighted by Crippen LogP contribution is -2.28. The third kappa shape index (κ3) is 5.57. The van der Waals surface area contributed by atoms with Crippen LogP contribution in [-0.4, -0.2) is 11.7 Å². The van der Waals surface area contributed by atoms with Gasteiger partial charge in [0.1, 0.15) is 0 Å². The molecule has 0 aliphatic carbocycles. The summed E-state index contributed by atoms with van der Waals surface area (Å²) in [6.07, 6.45) is 0. The Hall–Kier alpha value is -1.45. The highest BCUT2D eigenvalue weighted by atomic mass is 35.5. The molecule has 0 aliphatic heterocycles. The van der Waals surface area contributed by atoms with Crippen LogP contribution in [0.15, 0.2) is 53.4 Å². The van der Waals surface area contributed by atoms with Crippen molar-refractivity contribution in [3.63, 3.8) is 0 Å². The average molecular weight is 362 g/mol. The number of thioether (sulfide) groups is 1. The molecule has 0 radical (unpaired) electrons. The molecule has 2 aromatic rings. The molecule has 0 aromatic heterocycles. The Bertz CT molecular complexity index is 674. The second-order valence-corrected chi connectivity index (χ2v) is 8.39. The van der Waals surface area contributed by atoms with Gasteiger partial charge in [-0.15, -0.1) is 11.8 Å². The van der Waals surface area contributed by atoms with Gasteiger partial charge in [-0.1, -0.05) is 56.6 Å². The molecule has 1 atom stereocenters. The molecule has 128 valence electrons. The van der Waals surface area contributed by atoms with Gasteiger partial charge in [-0.25, -0.2) is 0 Å². The van der Waals surface area contributed by atoms with Gasteiger partial charge in [0.25, 0.3) is 0 Å². The number of benzene rings is 2. The molecular weight excluding hydrogens is 338 g/mol. The van der Waals surface area contributed by atoms with Crippen LogP contribution in [0.4, 0.5) is 0 Å². The highest BCUT2D eigenvalue weighted by molar-refractivity contribution is 8.00. The van der Waals surface area contributed by atoms with E-state index in [9.17, 15) is 4.79 Å². The smallest absolute Gasteiger partial charge is 0.230 e. The van der Waals surface area contributed by atoms with E-state index in [1.54, 1.807) is 0 Å². The van der Waals surface area contributed by atoms with Crippen LogP contribution in [-0.2, 0) is 10.2 Å². The molecule has 0 unspecified atom stereocenters. The molecule has 0 saturated heterocycles. The molecule has 0 saturated carbocycles. The minimum absolute atomic E-state index is 0.00247. The quantitative estimate of drug-likeness (QED) is 0.701. The molecule has 0 fully saturated rings. The Kier molecular flexibility index (Phi) is 6.36. The van der Waals surface area contributed by atoms with E-state index >= 15 is 0 Å². The summed E-state index contributed by atoms with van der Waals surface area (Å²) in [4.78, 5) is 13.2. The van der Waals surface area contributed by atoms with Crippen molar-refractivity contribution in [1.29, 1.82) is 0 Å². The predicted molar refractivity (Wildman–Crippen MR) is 104 cm³/mol. The van der Waals surface area contributed by atoms with Crippen molar-refractivity contribution in [3.8, 4) is 0 Å². The lowest BCUT2D eigenvalue weighted by molar-refractivity contribution is -0.119. The summed E-state index contributed by atoms with van der Waals surface area (Å²) in [6.45, 7) is 8.60. The monoisotopic (exact) mass is 361 g/mol. The van der Waals surface area contributed by atoms with E-state index in [4.69, 9.17) is 11.6 Å². The highest BCUT2D eigenvalue weighted by Gasteiger charge is 2.15. The first kappa shape index (κ1) is 18.9. The van der Waals surface area contributed by atoms with Crippen LogP contribution in [0.1, 0.15) is 44.9 Å². The van der Waals surface area contributed by atoms with Gasteiger partial charge in [-0.3, -0.25) is 4.79 Å². The van der Waals surface area contributed by atoms with Crippen molar-refractivity contribution in [2.75, 3.05) is 5.75 Å². The van der Waals surface area contributed by atoms with Crippen molar-refractivity contribution in [2.45, 2.75) is 44.0 Å². The summed E-state index contributed by atoms with van der Waals surface area (Å²) in [5.74, 6) is 0.425. The Labute approximate surface area is 154 Å². The molecule has 2 aromatic carbocycles. The zero-order valence-corrected chi connectivity index (χ0v) is 16.2. The third-order valence-electron chi connectivity index (χ3n) is 3.84. The second-order valence-electron chi connectivity index (χ2n) is 6.90. The predicted octanol–water partition coefficient (Wildman–Crippen LogP) is 5.61. The SMILES string of the molecule is C[C@@H](NC(=O)CSc1ccc(Cl)cc1)c1ccc(C(C)(C)C)cc1. The van der Waals surface area contributed by atoms with Gasteiger partial charge in [0.2, 0.25) is 5.91 Å². The maximum absolute atomic E-state index is 12.1. The summed E-state index contributed by atoms with van der Waals surface area (Å²) in [7, 11) is 0. The zero-order chi connectivity index (χ0) is 17.7. The van der Waals surface area contributed by atoms with Crippen molar-refractivity contribution in [2.24, 2.45) is 0 Å². The molecule has 0 aliphatic rings. The summed E-state index contributed by atoms with van der Waals surface area (Å²) in [5.41, 5.74) is 2.55. The van der Waals surface area contributed by atoms with Crippen molar-refractivity contribution in [1.82, 2.24) is 5.32 Å². The normalized spacial score (nSPS) is 12.7. The number of amides is 1. The number of rotatable bonds is 5. The maximum Gasteiger partial charge on any atom is 0.230 e. The van der Waals surface area contributed by atoms with Gasteiger partial charge in [-0.05, 0) is 47.7 Å². The van der Waals surface area contributed by atoms with E-state index in [1.807, 2.05) is 31.2 Å². The molecule has 0 spiro atoms. The lowest BCUT2D eigenvalue weighted by atomic mass is 9.86. The number of hydrogen-bond acceptors (Lipinski definition) is 2. The standard InChI is InChI=1S/C20H24ClNOS/c1-14(15-5-7-16(8-6-15)20(2,3)4)22-19(23)13-24-18-11-9-17(21)10-12-18/h5-12,14H,13H2,1-4H3,(H,22,23)/t14-/m1/s1. The molecular formula is C20H24ClNOS. The number of halogens is 1. The van der Waals surface area contributed by atoms with Crippen LogP contribution in [0.2, 0.25) is 5.02 Å². The van der Waals surface area contributed by atoms with E-state index in [0.717, 1.165) is 10.5 Å². The minimum Gasteiger partial charge on any atom is -0.349 e. The molecule has 4 heteroatoms. The minimum atomic E-state index is -0.00247. The number of carbonyl (C=O) groups is 1. The molecule has 1 amide bonds. The Balaban J connectivity index is 1.88. The van der Waals surface area contributed by atoms with E-state index in [2.05, 4.69) is 50.4 Å². The largest absolute Gasteiger partial charge is 0.349 e. The molecule has 1 N–H and O–H groups in total. The Morgan fingerprint density at radius 2 is 1.67 bits per heavy atom. The van der Waals surface area contributed by atoms with E-state index in [0.29, 0.717) is 10.8 Å². The van der Waals surface area contributed by atoms with E-state index in [-0.39, 0.29) is 17.4 Å². The average Bonchev–Trinajstić information content (AvgIpc) is 2.53. The molecule has 0 heterocycles. The van der Waals surface area contributed by atoms with Crippen LogP contribution in [0.25, 0.3) is 0 Å². The van der Waals surface area contributed by atoms with Crippen molar-refractivity contribution in [3.05, 3.63) is 64.7 Å². The van der Waals surface area contributed by atoms with Crippen LogP contribution < -0.4 is 5.32 Å². The Morgan fingerprint density at radius 1 is 1.08 bits per heavy atom. The van der Waals surface area contributed by atoms with E-state index in [1.165, 1.54) is 17.3 Å². The van der Waals surface area contributed by atoms with Gasteiger partial charge >= 0.3 is 0 Å². The van der Waals surface area contributed by atoms with Crippen molar-refractivity contribution >= 4 is 29.3 Å². The fraction of sp³-hybridized carbons (Fsp3) is 0.350. The summed E-state index contributed by atoms with van der Waals surface area (Å²) in [6, 6.07) is 16.0. The number of nitrogens with one attached hydrogen (secondary N) is 1. The first-order valence-corrected chi connectivity index (χ1v) is 9.40. The van der Waals surface area contributed by atoms with E-state index < -0.39 is 0 Å². The highest BCUT2D eigenvalue weighted by Crippen LogP contribution is 2.24. The Morgan fingerprint density at radius 3 is 2.21 bits per heavy atom. The second kappa shape index (κ2) is 8.09. The van der Waals surface area contributed by atoms with Gasteiger partial charge < -0.3 is 5.32 Å². The van der Waals surface area contributed by atoms with Gasteiger partial charge in [-0.2, -0.15) is 0 Å².